The first-order valence-electron chi connectivity index (χ1n) is 9.95. The molecular weight excluding hydrogens is 374 g/mol. The van der Waals surface area contributed by atoms with Crippen LogP contribution in [0, 0.1) is 0 Å². The summed E-state index contributed by atoms with van der Waals surface area (Å²) < 4.78 is 7.30. The molecule has 4 rings (SSSR count). The van der Waals surface area contributed by atoms with Crippen molar-refractivity contribution in [3.8, 4) is 0 Å². The van der Waals surface area contributed by atoms with E-state index >= 15 is 0 Å². The lowest BCUT2D eigenvalue weighted by Crippen LogP contribution is -2.58. The molecule has 0 radical (unpaired) electrons. The summed E-state index contributed by atoms with van der Waals surface area (Å²) in [6.45, 7) is 3.26. The van der Waals surface area contributed by atoms with Crippen LogP contribution in [0.1, 0.15) is 36.1 Å². The Morgan fingerprint density at radius 2 is 2.03 bits per heavy atom. The highest BCUT2D eigenvalue weighted by Crippen LogP contribution is 2.26. The molecule has 29 heavy (non-hydrogen) atoms. The van der Waals surface area contributed by atoms with E-state index in [9.17, 15) is 14.4 Å². The number of aryl methyl sites for hydroxylation is 1. The van der Waals surface area contributed by atoms with Crippen molar-refractivity contribution in [2.24, 2.45) is 7.05 Å². The summed E-state index contributed by atoms with van der Waals surface area (Å²) in [5.41, 5.74) is 3.22. The molecule has 0 spiro atoms. The number of carbonyl (C=O) groups excluding carboxylic acids is 3. The van der Waals surface area contributed by atoms with E-state index in [-0.39, 0.29) is 19.6 Å². The van der Waals surface area contributed by atoms with E-state index in [1.165, 1.54) is 21.1 Å². The predicted octanol–water partition coefficient (Wildman–Crippen LogP) is 1.31. The lowest BCUT2D eigenvalue weighted by atomic mass is 10.2. The van der Waals surface area contributed by atoms with Crippen LogP contribution < -0.4 is 0 Å². The molecule has 9 nitrogen and oxygen atoms in total. The lowest BCUT2D eigenvalue weighted by Gasteiger charge is -2.34. The molecule has 0 saturated carbocycles. The Kier molecular flexibility index (Phi) is 5.12. The van der Waals surface area contributed by atoms with E-state index in [0.717, 1.165) is 29.9 Å². The quantitative estimate of drug-likeness (QED) is 0.707. The van der Waals surface area contributed by atoms with Gasteiger partial charge in [-0.1, -0.05) is 0 Å². The summed E-state index contributed by atoms with van der Waals surface area (Å²) in [5, 5.41) is 4.60. The van der Waals surface area contributed by atoms with Crippen LogP contribution in [0.4, 0.5) is 4.79 Å². The monoisotopic (exact) mass is 399 g/mol. The minimum atomic E-state index is -0.779. The number of amides is 4. The number of aromatic nitrogens is 2. The molecule has 1 aliphatic heterocycles. The molecule has 9 heteroatoms. The summed E-state index contributed by atoms with van der Waals surface area (Å²) in [5.74, 6) is -0.806. The van der Waals surface area contributed by atoms with Gasteiger partial charge in [0, 0.05) is 32.4 Å². The third-order valence-corrected chi connectivity index (χ3v) is 5.66. The fourth-order valence-electron chi connectivity index (χ4n) is 4.12. The number of hydrogen-bond donors (Lipinski definition) is 0. The summed E-state index contributed by atoms with van der Waals surface area (Å²) >= 11 is 0. The van der Waals surface area contributed by atoms with E-state index in [2.05, 4.69) is 5.10 Å². The number of nitrogens with zero attached hydrogens (tertiary/aromatic N) is 5. The van der Waals surface area contributed by atoms with Gasteiger partial charge in [0.05, 0.1) is 25.0 Å². The second kappa shape index (κ2) is 7.73. The maximum absolute atomic E-state index is 13.3. The van der Waals surface area contributed by atoms with Crippen molar-refractivity contribution >= 4 is 17.8 Å². The third-order valence-electron chi connectivity index (χ3n) is 5.66. The zero-order valence-corrected chi connectivity index (χ0v) is 16.8. The minimum Gasteiger partial charge on any atom is -0.467 e. The summed E-state index contributed by atoms with van der Waals surface area (Å²) in [4.78, 5) is 42.1. The van der Waals surface area contributed by atoms with Crippen molar-refractivity contribution in [3.63, 3.8) is 0 Å². The Morgan fingerprint density at radius 1 is 1.21 bits per heavy atom. The first kappa shape index (κ1) is 19.2. The number of carbonyl (C=O) groups is 3. The standard InChI is InChI=1S/C20H25N5O4/c1-3-23-9-10-25(19(27)18(23)26)20(28)24(12-14-6-5-11-29-14)13-16-15-7-4-8-17(15)22(2)21-16/h5-6,11H,3-4,7-10,12-13H2,1-2H3. The molecule has 3 heterocycles. The summed E-state index contributed by atoms with van der Waals surface area (Å²) in [6, 6.07) is 3.05. The Bertz CT molecular complexity index is 933. The topological polar surface area (TPSA) is 91.9 Å². The predicted molar refractivity (Wildman–Crippen MR) is 103 cm³/mol. The molecular formula is C20H25N5O4. The highest BCUT2D eigenvalue weighted by molar-refractivity contribution is 6.38. The largest absolute Gasteiger partial charge is 0.467 e. The highest BCUT2D eigenvalue weighted by Gasteiger charge is 2.38. The molecule has 4 amide bonds. The van der Waals surface area contributed by atoms with Crippen LogP contribution in [0.5, 0.6) is 0 Å². The highest BCUT2D eigenvalue weighted by atomic mass is 16.3. The molecule has 2 aromatic heterocycles. The SMILES string of the molecule is CCN1CCN(C(=O)N(Cc2ccco2)Cc2nn(C)c3c2CCC3)C(=O)C1=O. The Labute approximate surface area is 168 Å². The molecule has 0 unspecified atom stereocenters. The van der Waals surface area contributed by atoms with Gasteiger partial charge in [0.2, 0.25) is 0 Å². The van der Waals surface area contributed by atoms with Gasteiger partial charge in [0.1, 0.15) is 5.76 Å². The fourth-order valence-corrected chi connectivity index (χ4v) is 4.12. The van der Waals surface area contributed by atoms with Gasteiger partial charge >= 0.3 is 17.8 Å². The van der Waals surface area contributed by atoms with Crippen LogP contribution in [0.25, 0.3) is 0 Å². The van der Waals surface area contributed by atoms with Crippen LogP contribution >= 0.6 is 0 Å². The van der Waals surface area contributed by atoms with Crippen molar-refractivity contribution < 1.29 is 18.8 Å². The average Bonchev–Trinajstić information content (AvgIpc) is 3.44. The van der Waals surface area contributed by atoms with Crippen LogP contribution in [-0.4, -0.2) is 62.0 Å². The number of urea groups is 1. The van der Waals surface area contributed by atoms with Crippen molar-refractivity contribution in [1.82, 2.24) is 24.5 Å². The van der Waals surface area contributed by atoms with E-state index in [1.807, 2.05) is 18.7 Å². The van der Waals surface area contributed by atoms with Gasteiger partial charge in [-0.05, 0) is 43.9 Å². The molecule has 0 bridgehead atoms. The first-order chi connectivity index (χ1) is 14.0. The van der Waals surface area contributed by atoms with E-state index in [4.69, 9.17) is 4.42 Å². The van der Waals surface area contributed by atoms with Crippen molar-refractivity contribution in [2.45, 2.75) is 39.3 Å². The van der Waals surface area contributed by atoms with Crippen LogP contribution in [0.15, 0.2) is 22.8 Å². The number of imide groups is 1. The number of hydrogen-bond acceptors (Lipinski definition) is 5. The molecule has 2 aliphatic rings. The number of rotatable bonds is 5. The number of likely N-dealkylation sites (N-methyl/N-ethyl adjacent to an activating group) is 1. The van der Waals surface area contributed by atoms with E-state index in [0.29, 0.717) is 18.8 Å². The van der Waals surface area contributed by atoms with Crippen molar-refractivity contribution in [1.29, 1.82) is 0 Å². The maximum atomic E-state index is 13.3. The zero-order valence-electron chi connectivity index (χ0n) is 16.8. The van der Waals surface area contributed by atoms with Crippen LogP contribution in [0.3, 0.4) is 0 Å². The molecule has 154 valence electrons. The van der Waals surface area contributed by atoms with Gasteiger partial charge in [-0.15, -0.1) is 0 Å². The molecule has 2 aromatic rings. The van der Waals surface area contributed by atoms with Crippen LogP contribution in [-0.2, 0) is 42.6 Å². The van der Waals surface area contributed by atoms with Gasteiger partial charge in [0.15, 0.2) is 0 Å². The number of furan rings is 1. The zero-order chi connectivity index (χ0) is 20.5. The Hall–Kier alpha value is -3.10. The van der Waals surface area contributed by atoms with Crippen molar-refractivity contribution in [3.05, 3.63) is 41.1 Å². The Morgan fingerprint density at radius 3 is 2.76 bits per heavy atom. The lowest BCUT2D eigenvalue weighted by molar-refractivity contribution is -0.154. The first-order valence-corrected chi connectivity index (χ1v) is 9.95. The van der Waals surface area contributed by atoms with Gasteiger partial charge < -0.3 is 14.2 Å². The van der Waals surface area contributed by atoms with Crippen LogP contribution in [0.2, 0.25) is 0 Å². The second-order valence-electron chi connectivity index (χ2n) is 7.41. The normalized spacial score (nSPS) is 16.5. The number of piperazine rings is 1. The molecule has 0 aromatic carbocycles. The molecule has 1 saturated heterocycles. The smallest absolute Gasteiger partial charge is 0.327 e. The van der Waals surface area contributed by atoms with Gasteiger partial charge in [0.25, 0.3) is 0 Å². The van der Waals surface area contributed by atoms with E-state index in [1.54, 1.807) is 18.4 Å². The molecule has 0 atom stereocenters. The third kappa shape index (κ3) is 3.52. The molecule has 0 N–H and O–H groups in total. The second-order valence-corrected chi connectivity index (χ2v) is 7.41. The van der Waals surface area contributed by atoms with Crippen molar-refractivity contribution in [2.75, 3.05) is 19.6 Å². The Balaban J connectivity index is 1.59. The molecule has 1 fully saturated rings. The van der Waals surface area contributed by atoms with Gasteiger partial charge in [-0.25, -0.2) is 4.79 Å². The van der Waals surface area contributed by atoms with E-state index < -0.39 is 17.8 Å². The average molecular weight is 399 g/mol. The fraction of sp³-hybridized carbons (Fsp3) is 0.500. The minimum absolute atomic E-state index is 0.187. The van der Waals surface area contributed by atoms with Gasteiger partial charge in [-0.3, -0.25) is 19.2 Å². The summed E-state index contributed by atoms with van der Waals surface area (Å²) in [7, 11) is 1.92. The maximum Gasteiger partial charge on any atom is 0.327 e. The summed E-state index contributed by atoms with van der Waals surface area (Å²) in [6.07, 6.45) is 4.54. The molecule has 1 aliphatic carbocycles. The number of fused-ring (bicyclic) bond motifs is 1. The van der Waals surface area contributed by atoms with Gasteiger partial charge in [-0.2, -0.15) is 5.10 Å².